The minimum absolute atomic E-state index is 0.628. The monoisotopic (exact) mass is 469 g/mol. The molecular weight excluding hydrogens is 450 g/mol. The third-order valence-electron chi connectivity index (χ3n) is 4.31. The van der Waals surface area contributed by atoms with Crippen LogP contribution < -0.4 is 14.4 Å². The molecule has 2 heterocycles. The zero-order chi connectivity index (χ0) is 17.8. The number of hydrogen-bond donors (Lipinski definition) is 0. The molecule has 134 valence electrons. The number of rotatable bonds is 5. The van der Waals surface area contributed by atoms with Crippen molar-refractivity contribution >= 4 is 37.7 Å². The summed E-state index contributed by atoms with van der Waals surface area (Å²) in [5.41, 5.74) is 1.28. The number of hydrogen-bond acceptors (Lipinski definition) is 5. The van der Waals surface area contributed by atoms with Gasteiger partial charge in [0, 0.05) is 32.7 Å². The lowest BCUT2D eigenvalue weighted by molar-refractivity contribution is 0.249. The van der Waals surface area contributed by atoms with Crippen LogP contribution in [-0.2, 0) is 6.54 Å². The number of piperazine rings is 1. The Labute approximate surface area is 165 Å². The van der Waals surface area contributed by atoms with Crippen molar-refractivity contribution in [2.45, 2.75) is 6.54 Å². The van der Waals surface area contributed by atoms with Crippen LogP contribution >= 0.6 is 31.9 Å². The van der Waals surface area contributed by atoms with E-state index in [9.17, 15) is 0 Å². The molecule has 1 aromatic carbocycles. The van der Waals surface area contributed by atoms with Crippen LogP contribution in [0.5, 0.6) is 11.6 Å². The lowest BCUT2D eigenvalue weighted by Crippen LogP contribution is -2.46. The maximum atomic E-state index is 5.30. The molecular formula is C18H21Br2N3O2. The van der Waals surface area contributed by atoms with Gasteiger partial charge in [-0.3, -0.25) is 4.90 Å². The van der Waals surface area contributed by atoms with E-state index in [-0.39, 0.29) is 0 Å². The highest BCUT2D eigenvalue weighted by Gasteiger charge is 2.19. The second-order valence-corrected chi connectivity index (χ2v) is 7.60. The summed E-state index contributed by atoms with van der Waals surface area (Å²) >= 11 is 7.01. The van der Waals surface area contributed by atoms with Crippen molar-refractivity contribution in [3.8, 4) is 11.6 Å². The van der Waals surface area contributed by atoms with E-state index in [0.29, 0.717) is 5.88 Å². The smallest absolute Gasteiger partial charge is 0.229 e. The van der Waals surface area contributed by atoms with Gasteiger partial charge in [0.25, 0.3) is 0 Å². The highest BCUT2D eigenvalue weighted by molar-refractivity contribution is 9.10. The van der Waals surface area contributed by atoms with Crippen molar-refractivity contribution in [3.63, 3.8) is 0 Å². The molecule has 1 saturated heterocycles. The van der Waals surface area contributed by atoms with Crippen LogP contribution in [0.1, 0.15) is 5.56 Å². The van der Waals surface area contributed by atoms with Crippen molar-refractivity contribution < 1.29 is 9.47 Å². The number of pyridine rings is 1. The van der Waals surface area contributed by atoms with Crippen molar-refractivity contribution in [2.24, 2.45) is 0 Å². The molecule has 0 spiro atoms. The molecule has 7 heteroatoms. The predicted octanol–water partition coefficient (Wildman–Crippen LogP) is 3.95. The number of anilines is 1. The summed E-state index contributed by atoms with van der Waals surface area (Å²) in [5.74, 6) is 2.46. The molecule has 1 aliphatic rings. The highest BCUT2D eigenvalue weighted by Crippen LogP contribution is 2.28. The zero-order valence-electron chi connectivity index (χ0n) is 14.3. The summed E-state index contributed by atoms with van der Waals surface area (Å²) in [4.78, 5) is 9.33. The molecule has 2 aromatic rings. The first-order valence-corrected chi connectivity index (χ1v) is 9.69. The number of ether oxygens (including phenoxy) is 2. The molecule has 0 radical (unpaired) electrons. The van der Waals surface area contributed by atoms with E-state index in [1.807, 2.05) is 18.2 Å². The van der Waals surface area contributed by atoms with E-state index in [1.54, 1.807) is 14.2 Å². The van der Waals surface area contributed by atoms with E-state index < -0.39 is 0 Å². The summed E-state index contributed by atoms with van der Waals surface area (Å²) in [5, 5.41) is 0. The molecule has 0 amide bonds. The second-order valence-electron chi connectivity index (χ2n) is 5.89. The Hall–Kier alpha value is -1.31. The average molecular weight is 471 g/mol. The van der Waals surface area contributed by atoms with Crippen molar-refractivity contribution in [2.75, 3.05) is 45.3 Å². The first kappa shape index (κ1) is 18.5. The third kappa shape index (κ3) is 4.46. The van der Waals surface area contributed by atoms with Gasteiger partial charge in [-0.1, -0.05) is 6.07 Å². The SMILES string of the molecule is COc1ccc(CN2CCN(c3ccc(Br)c(OC)n3)CC2)cc1Br. The minimum atomic E-state index is 0.628. The Balaban J connectivity index is 1.59. The van der Waals surface area contributed by atoms with E-state index in [4.69, 9.17) is 9.47 Å². The number of methoxy groups -OCH3 is 2. The topological polar surface area (TPSA) is 37.8 Å². The van der Waals surface area contributed by atoms with Gasteiger partial charge in [-0.2, -0.15) is 4.98 Å². The molecule has 25 heavy (non-hydrogen) atoms. The lowest BCUT2D eigenvalue weighted by atomic mass is 10.2. The summed E-state index contributed by atoms with van der Waals surface area (Å²) in [6.45, 7) is 4.85. The van der Waals surface area contributed by atoms with Crippen LogP contribution in [-0.4, -0.2) is 50.3 Å². The number of nitrogens with zero attached hydrogens (tertiary/aromatic N) is 3. The van der Waals surface area contributed by atoms with Gasteiger partial charge in [0.1, 0.15) is 11.6 Å². The van der Waals surface area contributed by atoms with Crippen LogP contribution in [0.3, 0.4) is 0 Å². The second kappa shape index (κ2) is 8.38. The van der Waals surface area contributed by atoms with Crippen molar-refractivity contribution in [3.05, 3.63) is 44.8 Å². The van der Waals surface area contributed by atoms with Crippen molar-refractivity contribution in [1.82, 2.24) is 9.88 Å². The first-order chi connectivity index (χ1) is 12.1. The quantitative estimate of drug-likeness (QED) is 0.661. The maximum absolute atomic E-state index is 5.30. The van der Waals surface area contributed by atoms with Gasteiger partial charge in [-0.15, -0.1) is 0 Å². The van der Waals surface area contributed by atoms with Gasteiger partial charge in [-0.05, 0) is 61.7 Å². The Morgan fingerprint density at radius 2 is 1.72 bits per heavy atom. The minimum Gasteiger partial charge on any atom is -0.496 e. The van der Waals surface area contributed by atoms with Gasteiger partial charge in [0.2, 0.25) is 5.88 Å². The molecule has 0 atom stereocenters. The van der Waals surface area contributed by atoms with Gasteiger partial charge in [0.05, 0.1) is 23.2 Å². The molecule has 5 nitrogen and oxygen atoms in total. The highest BCUT2D eigenvalue weighted by atomic mass is 79.9. The maximum Gasteiger partial charge on any atom is 0.229 e. The molecule has 0 aliphatic carbocycles. The molecule has 0 unspecified atom stereocenters. The Bertz CT molecular complexity index is 734. The van der Waals surface area contributed by atoms with E-state index in [1.165, 1.54) is 5.56 Å². The Morgan fingerprint density at radius 1 is 0.960 bits per heavy atom. The lowest BCUT2D eigenvalue weighted by Gasteiger charge is -2.35. The first-order valence-electron chi connectivity index (χ1n) is 8.11. The Kier molecular flexibility index (Phi) is 6.19. The Morgan fingerprint density at radius 3 is 2.36 bits per heavy atom. The summed E-state index contributed by atoms with van der Waals surface area (Å²) < 4.78 is 12.5. The van der Waals surface area contributed by atoms with E-state index in [2.05, 4.69) is 58.8 Å². The zero-order valence-corrected chi connectivity index (χ0v) is 17.5. The number of aromatic nitrogens is 1. The summed E-state index contributed by atoms with van der Waals surface area (Å²) in [6, 6.07) is 10.3. The molecule has 0 bridgehead atoms. The predicted molar refractivity (Wildman–Crippen MR) is 107 cm³/mol. The molecule has 0 saturated carbocycles. The summed E-state index contributed by atoms with van der Waals surface area (Å²) in [7, 11) is 3.33. The molecule has 0 N–H and O–H groups in total. The van der Waals surface area contributed by atoms with E-state index >= 15 is 0 Å². The average Bonchev–Trinajstić information content (AvgIpc) is 2.63. The molecule has 1 aliphatic heterocycles. The van der Waals surface area contributed by atoms with Gasteiger partial charge in [-0.25, -0.2) is 0 Å². The van der Waals surface area contributed by atoms with Gasteiger partial charge < -0.3 is 14.4 Å². The van der Waals surface area contributed by atoms with Gasteiger partial charge in [0.15, 0.2) is 0 Å². The fraction of sp³-hybridized carbons (Fsp3) is 0.389. The van der Waals surface area contributed by atoms with Crippen LogP contribution in [0.15, 0.2) is 39.3 Å². The molecule has 1 aromatic heterocycles. The number of benzene rings is 1. The fourth-order valence-electron chi connectivity index (χ4n) is 2.93. The van der Waals surface area contributed by atoms with Crippen LogP contribution in [0.4, 0.5) is 5.82 Å². The molecule has 1 fully saturated rings. The number of halogens is 2. The van der Waals surface area contributed by atoms with E-state index in [0.717, 1.165) is 53.2 Å². The fourth-order valence-corrected chi connectivity index (χ4v) is 3.91. The van der Waals surface area contributed by atoms with Crippen molar-refractivity contribution in [1.29, 1.82) is 0 Å². The van der Waals surface area contributed by atoms with Crippen LogP contribution in [0.25, 0.3) is 0 Å². The summed E-state index contributed by atoms with van der Waals surface area (Å²) in [6.07, 6.45) is 0. The third-order valence-corrected chi connectivity index (χ3v) is 5.53. The normalized spacial score (nSPS) is 15.3. The van der Waals surface area contributed by atoms with Gasteiger partial charge >= 0.3 is 0 Å². The largest absolute Gasteiger partial charge is 0.496 e. The molecule has 3 rings (SSSR count). The van der Waals surface area contributed by atoms with Crippen LogP contribution in [0.2, 0.25) is 0 Å². The standard InChI is InChI=1S/C18H21Br2N3O2/c1-24-16-5-3-13(11-15(16)20)12-22-7-9-23(10-8-22)17-6-4-14(19)18(21-17)25-2/h3-6,11H,7-10,12H2,1-2H3. The van der Waals surface area contributed by atoms with Crippen LogP contribution in [0, 0.1) is 0 Å².